The van der Waals surface area contributed by atoms with Gasteiger partial charge in [-0.3, -0.25) is 9.69 Å². The molecule has 1 N–H and O–H groups in total. The fraction of sp³-hybridized carbons (Fsp3) is 0.929. The molecule has 1 aliphatic carbocycles. The number of aliphatic carboxylic acids is 1. The SMILES string of the molecule is CCC1CCCCN1CC1(C(=O)O)CCCC1. The van der Waals surface area contributed by atoms with Gasteiger partial charge in [-0.2, -0.15) is 0 Å². The van der Waals surface area contributed by atoms with Crippen LogP contribution in [0.2, 0.25) is 0 Å². The van der Waals surface area contributed by atoms with Crippen LogP contribution in [0, 0.1) is 5.41 Å². The molecule has 1 atom stereocenters. The highest BCUT2D eigenvalue weighted by Crippen LogP contribution is 2.40. The molecule has 0 radical (unpaired) electrons. The van der Waals surface area contributed by atoms with E-state index in [-0.39, 0.29) is 0 Å². The maximum absolute atomic E-state index is 11.6. The van der Waals surface area contributed by atoms with Gasteiger partial charge in [-0.15, -0.1) is 0 Å². The summed E-state index contributed by atoms with van der Waals surface area (Å²) in [5, 5.41) is 9.53. The third kappa shape index (κ3) is 2.65. The van der Waals surface area contributed by atoms with Crippen LogP contribution in [0.1, 0.15) is 58.3 Å². The molecule has 2 fully saturated rings. The van der Waals surface area contributed by atoms with Crippen LogP contribution in [-0.2, 0) is 4.79 Å². The Hall–Kier alpha value is -0.570. The van der Waals surface area contributed by atoms with E-state index in [0.29, 0.717) is 6.04 Å². The molecule has 1 saturated heterocycles. The summed E-state index contributed by atoms with van der Waals surface area (Å²) in [5.41, 5.74) is -0.426. The molecule has 3 heteroatoms. The standard InChI is InChI=1S/C14H25NO2/c1-2-12-7-3-6-10-15(12)11-14(13(16)17)8-4-5-9-14/h12H,2-11H2,1H3,(H,16,17). The van der Waals surface area contributed by atoms with E-state index in [4.69, 9.17) is 0 Å². The number of carbonyl (C=O) groups is 1. The number of hydrogen-bond acceptors (Lipinski definition) is 2. The second-order valence-corrected chi connectivity index (χ2v) is 5.82. The van der Waals surface area contributed by atoms with Crippen molar-refractivity contribution >= 4 is 5.97 Å². The highest BCUT2D eigenvalue weighted by Gasteiger charge is 2.43. The van der Waals surface area contributed by atoms with Crippen molar-refractivity contribution in [2.45, 2.75) is 64.3 Å². The zero-order valence-electron chi connectivity index (χ0n) is 11.0. The minimum Gasteiger partial charge on any atom is -0.481 e. The minimum atomic E-state index is -0.560. The smallest absolute Gasteiger partial charge is 0.310 e. The van der Waals surface area contributed by atoms with E-state index in [0.717, 1.165) is 45.2 Å². The summed E-state index contributed by atoms with van der Waals surface area (Å²) in [7, 11) is 0. The maximum Gasteiger partial charge on any atom is 0.310 e. The van der Waals surface area contributed by atoms with Crippen molar-refractivity contribution in [3.8, 4) is 0 Å². The van der Waals surface area contributed by atoms with Crippen LogP contribution in [0.15, 0.2) is 0 Å². The molecule has 1 aliphatic heterocycles. The number of hydrogen-bond donors (Lipinski definition) is 1. The molecule has 2 rings (SSSR count). The summed E-state index contributed by atoms with van der Waals surface area (Å²) in [4.78, 5) is 14.0. The van der Waals surface area contributed by atoms with Gasteiger partial charge in [0.15, 0.2) is 0 Å². The average molecular weight is 239 g/mol. The summed E-state index contributed by atoms with van der Waals surface area (Å²) in [6.07, 6.45) is 8.93. The van der Waals surface area contributed by atoms with Crippen LogP contribution in [0.5, 0.6) is 0 Å². The lowest BCUT2D eigenvalue weighted by Gasteiger charge is -2.40. The quantitative estimate of drug-likeness (QED) is 0.820. The molecule has 1 unspecified atom stereocenters. The fourth-order valence-corrected chi connectivity index (χ4v) is 3.61. The summed E-state index contributed by atoms with van der Waals surface area (Å²) < 4.78 is 0. The second-order valence-electron chi connectivity index (χ2n) is 5.82. The molecule has 1 saturated carbocycles. The first-order valence-electron chi connectivity index (χ1n) is 7.15. The van der Waals surface area contributed by atoms with Crippen molar-refractivity contribution in [1.29, 1.82) is 0 Å². The predicted octanol–water partition coefficient (Wildman–Crippen LogP) is 2.90. The minimum absolute atomic E-state index is 0.426. The van der Waals surface area contributed by atoms with E-state index in [1.54, 1.807) is 0 Å². The zero-order valence-corrected chi connectivity index (χ0v) is 11.0. The van der Waals surface area contributed by atoms with Crippen LogP contribution in [0.4, 0.5) is 0 Å². The van der Waals surface area contributed by atoms with Gasteiger partial charge >= 0.3 is 5.97 Å². The number of carboxylic acids is 1. The van der Waals surface area contributed by atoms with E-state index in [1.807, 2.05) is 0 Å². The van der Waals surface area contributed by atoms with Gasteiger partial charge in [0.2, 0.25) is 0 Å². The van der Waals surface area contributed by atoms with Crippen LogP contribution in [0.3, 0.4) is 0 Å². The van der Waals surface area contributed by atoms with Gasteiger partial charge in [-0.05, 0) is 38.6 Å². The molecule has 98 valence electrons. The molecule has 3 nitrogen and oxygen atoms in total. The molecule has 1 heterocycles. The molecular formula is C14H25NO2. The lowest BCUT2D eigenvalue weighted by molar-refractivity contribution is -0.150. The van der Waals surface area contributed by atoms with Gasteiger partial charge in [0, 0.05) is 12.6 Å². The van der Waals surface area contributed by atoms with Gasteiger partial charge in [0.05, 0.1) is 5.41 Å². The first-order chi connectivity index (χ1) is 8.18. The van der Waals surface area contributed by atoms with Crippen LogP contribution >= 0.6 is 0 Å². The molecule has 0 bridgehead atoms. The zero-order chi connectivity index (χ0) is 12.3. The van der Waals surface area contributed by atoms with E-state index in [9.17, 15) is 9.90 Å². The predicted molar refractivity (Wildman–Crippen MR) is 68.0 cm³/mol. The van der Waals surface area contributed by atoms with Gasteiger partial charge in [-0.1, -0.05) is 26.2 Å². The first kappa shape index (κ1) is 12.9. The summed E-state index contributed by atoms with van der Waals surface area (Å²) in [6.45, 7) is 4.12. The number of nitrogens with zero attached hydrogens (tertiary/aromatic N) is 1. The summed E-state index contributed by atoms with van der Waals surface area (Å²) in [5.74, 6) is -0.560. The Morgan fingerprint density at radius 1 is 1.29 bits per heavy atom. The van der Waals surface area contributed by atoms with Crippen molar-refractivity contribution in [1.82, 2.24) is 4.90 Å². The Morgan fingerprint density at radius 2 is 2.00 bits per heavy atom. The van der Waals surface area contributed by atoms with Crippen LogP contribution < -0.4 is 0 Å². The monoisotopic (exact) mass is 239 g/mol. The number of carboxylic acid groups (broad SMARTS) is 1. The van der Waals surface area contributed by atoms with Gasteiger partial charge < -0.3 is 5.11 Å². The third-order valence-electron chi connectivity index (χ3n) is 4.74. The number of rotatable bonds is 4. The van der Waals surface area contributed by atoms with Crippen molar-refractivity contribution in [2.24, 2.45) is 5.41 Å². The fourth-order valence-electron chi connectivity index (χ4n) is 3.61. The highest BCUT2D eigenvalue weighted by atomic mass is 16.4. The van der Waals surface area contributed by atoms with Crippen molar-refractivity contribution < 1.29 is 9.90 Å². The van der Waals surface area contributed by atoms with Crippen molar-refractivity contribution in [2.75, 3.05) is 13.1 Å². The molecule has 17 heavy (non-hydrogen) atoms. The van der Waals surface area contributed by atoms with Crippen molar-refractivity contribution in [3.63, 3.8) is 0 Å². The lowest BCUT2D eigenvalue weighted by atomic mass is 9.84. The molecule has 0 amide bonds. The molecule has 0 aromatic carbocycles. The van der Waals surface area contributed by atoms with Crippen molar-refractivity contribution in [3.05, 3.63) is 0 Å². The summed E-state index contributed by atoms with van der Waals surface area (Å²) in [6, 6.07) is 0.626. The maximum atomic E-state index is 11.6. The summed E-state index contributed by atoms with van der Waals surface area (Å²) >= 11 is 0. The van der Waals surface area contributed by atoms with Gasteiger partial charge in [0.25, 0.3) is 0 Å². The Labute approximate surface area is 104 Å². The topological polar surface area (TPSA) is 40.5 Å². The van der Waals surface area contributed by atoms with Gasteiger partial charge in [0.1, 0.15) is 0 Å². The van der Waals surface area contributed by atoms with Crippen LogP contribution in [-0.4, -0.2) is 35.1 Å². The Balaban J connectivity index is 2.04. The molecule has 0 aromatic rings. The largest absolute Gasteiger partial charge is 0.481 e. The lowest BCUT2D eigenvalue weighted by Crippen LogP contribution is -2.48. The van der Waals surface area contributed by atoms with Gasteiger partial charge in [-0.25, -0.2) is 0 Å². The Kier molecular flexibility index (Phi) is 4.08. The highest BCUT2D eigenvalue weighted by molar-refractivity contribution is 5.75. The molecule has 2 aliphatic rings. The number of likely N-dealkylation sites (tertiary alicyclic amines) is 1. The van der Waals surface area contributed by atoms with Crippen LogP contribution in [0.25, 0.3) is 0 Å². The van der Waals surface area contributed by atoms with E-state index < -0.39 is 11.4 Å². The van der Waals surface area contributed by atoms with E-state index >= 15 is 0 Å². The van der Waals surface area contributed by atoms with E-state index in [1.165, 1.54) is 19.3 Å². The third-order valence-corrected chi connectivity index (χ3v) is 4.74. The Bertz CT molecular complexity index is 271. The molecule has 0 aromatic heterocycles. The second kappa shape index (κ2) is 5.38. The normalized spacial score (nSPS) is 29.4. The average Bonchev–Trinajstić information content (AvgIpc) is 2.80. The molecule has 0 spiro atoms. The van der Waals surface area contributed by atoms with E-state index in [2.05, 4.69) is 11.8 Å². The molecular weight excluding hydrogens is 214 g/mol. The Morgan fingerprint density at radius 3 is 2.59 bits per heavy atom. The number of piperidine rings is 1. The first-order valence-corrected chi connectivity index (χ1v) is 7.15.